The molecule has 0 aliphatic carbocycles. The van der Waals surface area contributed by atoms with Crippen molar-refractivity contribution in [1.82, 2.24) is 4.98 Å². The van der Waals surface area contributed by atoms with E-state index in [1.807, 2.05) is 0 Å². The Morgan fingerprint density at radius 3 is 2.65 bits per heavy atom. The molecule has 0 saturated carbocycles. The molecule has 0 saturated heterocycles. The highest BCUT2D eigenvalue weighted by Gasteiger charge is 2.14. The molecule has 0 fully saturated rings. The zero-order valence-corrected chi connectivity index (χ0v) is 15.6. The summed E-state index contributed by atoms with van der Waals surface area (Å²) < 4.78 is 10.4. The van der Waals surface area contributed by atoms with Crippen molar-refractivity contribution in [3.8, 4) is 11.5 Å². The number of carbonyl (C=O) groups is 2. The topological polar surface area (TPSA) is 106 Å². The Morgan fingerprint density at radius 2 is 2.04 bits per heavy atom. The summed E-state index contributed by atoms with van der Waals surface area (Å²) in [4.78, 5) is 37.6. The summed E-state index contributed by atoms with van der Waals surface area (Å²) in [6.07, 6.45) is 2.69. The van der Waals surface area contributed by atoms with Crippen LogP contribution < -0.4 is 10.3 Å². The summed E-state index contributed by atoms with van der Waals surface area (Å²) in [7, 11) is 1.27. The van der Waals surface area contributed by atoms with Gasteiger partial charge in [0, 0.05) is 5.69 Å². The number of ether oxygens (including phenoxy) is 2. The van der Waals surface area contributed by atoms with Gasteiger partial charge < -0.3 is 19.6 Å². The second-order valence-electron chi connectivity index (χ2n) is 5.29. The van der Waals surface area contributed by atoms with Gasteiger partial charge in [0.05, 0.1) is 11.6 Å². The Kier molecular flexibility index (Phi) is 6.35. The Labute approximate surface area is 157 Å². The van der Waals surface area contributed by atoms with Crippen LogP contribution in [0.1, 0.15) is 21.6 Å². The summed E-state index contributed by atoms with van der Waals surface area (Å²) in [5, 5.41) is 9.81. The van der Waals surface area contributed by atoms with E-state index in [9.17, 15) is 19.5 Å². The van der Waals surface area contributed by atoms with Crippen LogP contribution in [0.2, 0.25) is 0 Å². The normalized spacial score (nSPS) is 10.7. The Balaban J connectivity index is 2.16. The third-order valence-electron chi connectivity index (χ3n) is 3.35. The van der Waals surface area contributed by atoms with Gasteiger partial charge in [-0.25, -0.2) is 4.79 Å². The van der Waals surface area contributed by atoms with Gasteiger partial charge >= 0.3 is 5.97 Å². The number of aromatic nitrogens is 1. The molecule has 0 unspecified atom stereocenters. The molecule has 0 amide bonds. The van der Waals surface area contributed by atoms with Crippen molar-refractivity contribution in [3.05, 3.63) is 62.0 Å². The maximum atomic E-state index is 12.2. The largest absolute Gasteiger partial charge is 0.507 e. The number of esters is 1. The predicted molar refractivity (Wildman–Crippen MR) is 98.5 cm³/mol. The lowest BCUT2D eigenvalue weighted by Gasteiger charge is -2.07. The Hall–Kier alpha value is -2.87. The maximum absolute atomic E-state index is 12.2. The van der Waals surface area contributed by atoms with Gasteiger partial charge in [0.1, 0.15) is 17.1 Å². The number of aryl methyl sites for hydroxylation is 1. The zero-order valence-electron chi connectivity index (χ0n) is 14.0. The van der Waals surface area contributed by atoms with Gasteiger partial charge in [0.2, 0.25) is 0 Å². The predicted octanol–water partition coefficient (Wildman–Crippen LogP) is 2.60. The quantitative estimate of drug-likeness (QED) is 0.421. The van der Waals surface area contributed by atoms with Gasteiger partial charge in [-0.2, -0.15) is 0 Å². The molecule has 1 aromatic heterocycles. The highest BCUT2D eigenvalue weighted by molar-refractivity contribution is 9.10. The van der Waals surface area contributed by atoms with Crippen LogP contribution in [0, 0.1) is 6.92 Å². The highest BCUT2D eigenvalue weighted by atomic mass is 79.9. The fraction of sp³-hybridized carbons (Fsp3) is 0.167. The van der Waals surface area contributed by atoms with Crippen LogP contribution in [0.3, 0.4) is 0 Å². The van der Waals surface area contributed by atoms with E-state index in [2.05, 4.69) is 25.7 Å². The molecule has 2 rings (SSSR count). The van der Waals surface area contributed by atoms with Crippen LogP contribution in [0.25, 0.3) is 6.08 Å². The molecule has 1 aromatic carbocycles. The van der Waals surface area contributed by atoms with Crippen LogP contribution in [0.15, 0.2) is 39.6 Å². The SMILES string of the molecule is COC(=O)COc1ccc(/C=C/C(=O)c2c(O)cc(C)[nH]c2=O)cc1Br. The molecule has 2 N–H and O–H groups in total. The van der Waals surface area contributed by atoms with Crippen molar-refractivity contribution >= 4 is 33.8 Å². The molecule has 2 aromatic rings. The number of halogens is 1. The Morgan fingerprint density at radius 1 is 1.31 bits per heavy atom. The summed E-state index contributed by atoms with van der Waals surface area (Å²) in [5.41, 5.74) is 0.145. The third kappa shape index (κ3) is 4.82. The van der Waals surface area contributed by atoms with E-state index in [1.54, 1.807) is 25.1 Å². The second kappa shape index (κ2) is 8.48. The molecule has 7 nitrogen and oxygen atoms in total. The molecule has 0 aliphatic rings. The van der Waals surface area contributed by atoms with Crippen LogP contribution in [-0.4, -0.2) is 35.6 Å². The first kappa shape index (κ1) is 19.5. The number of ketones is 1. The number of pyridine rings is 1. The zero-order chi connectivity index (χ0) is 19.3. The monoisotopic (exact) mass is 421 g/mol. The number of hydrogen-bond acceptors (Lipinski definition) is 6. The van der Waals surface area contributed by atoms with Gasteiger partial charge in [-0.1, -0.05) is 12.1 Å². The van der Waals surface area contributed by atoms with E-state index in [-0.39, 0.29) is 17.9 Å². The number of H-pyrrole nitrogens is 1. The van der Waals surface area contributed by atoms with Gasteiger partial charge in [0.15, 0.2) is 12.4 Å². The molecular formula is C18H16BrNO6. The minimum Gasteiger partial charge on any atom is -0.507 e. The van der Waals surface area contributed by atoms with E-state index >= 15 is 0 Å². The molecule has 26 heavy (non-hydrogen) atoms. The molecular weight excluding hydrogens is 406 g/mol. The molecule has 0 bridgehead atoms. The smallest absolute Gasteiger partial charge is 0.343 e. The standard InChI is InChI=1S/C18H16BrNO6/c1-10-7-14(22)17(18(24)20-10)13(21)5-3-11-4-6-15(12(19)8-11)26-9-16(23)25-2/h3-8H,9H2,1-2H3,(H2,20,22,24)/b5-3+. The van der Waals surface area contributed by atoms with E-state index < -0.39 is 17.3 Å². The van der Waals surface area contributed by atoms with Crippen molar-refractivity contribution in [2.45, 2.75) is 6.92 Å². The number of hydrogen-bond donors (Lipinski definition) is 2. The number of rotatable bonds is 6. The van der Waals surface area contributed by atoms with Crippen molar-refractivity contribution < 1.29 is 24.2 Å². The van der Waals surface area contributed by atoms with E-state index in [4.69, 9.17) is 4.74 Å². The Bertz CT molecular complexity index is 932. The average Bonchev–Trinajstić information content (AvgIpc) is 2.57. The summed E-state index contributed by atoms with van der Waals surface area (Å²) in [6.45, 7) is 1.38. The summed E-state index contributed by atoms with van der Waals surface area (Å²) >= 11 is 3.31. The van der Waals surface area contributed by atoms with Gasteiger partial charge in [-0.3, -0.25) is 9.59 Å². The van der Waals surface area contributed by atoms with Crippen LogP contribution >= 0.6 is 15.9 Å². The lowest BCUT2D eigenvalue weighted by atomic mass is 10.1. The van der Waals surface area contributed by atoms with E-state index in [0.29, 0.717) is 21.5 Å². The average molecular weight is 422 g/mol. The fourth-order valence-electron chi connectivity index (χ4n) is 2.10. The van der Waals surface area contributed by atoms with Gasteiger partial charge in [-0.15, -0.1) is 0 Å². The number of carbonyl (C=O) groups excluding carboxylic acids is 2. The minimum absolute atomic E-state index is 0.224. The first-order chi connectivity index (χ1) is 12.3. The van der Waals surface area contributed by atoms with Gasteiger partial charge in [0.25, 0.3) is 5.56 Å². The van der Waals surface area contributed by atoms with Crippen molar-refractivity contribution in [1.29, 1.82) is 0 Å². The minimum atomic E-state index is -0.648. The van der Waals surface area contributed by atoms with Crippen molar-refractivity contribution in [3.63, 3.8) is 0 Å². The second-order valence-corrected chi connectivity index (χ2v) is 6.15. The van der Waals surface area contributed by atoms with E-state index in [1.165, 1.54) is 25.3 Å². The van der Waals surface area contributed by atoms with Crippen LogP contribution in [-0.2, 0) is 9.53 Å². The number of methoxy groups -OCH3 is 1. The summed E-state index contributed by atoms with van der Waals surface area (Å²) in [6, 6.07) is 6.27. The molecule has 0 radical (unpaired) electrons. The molecule has 0 aliphatic heterocycles. The lowest BCUT2D eigenvalue weighted by molar-refractivity contribution is -0.142. The number of aromatic amines is 1. The summed E-state index contributed by atoms with van der Waals surface area (Å²) in [5.74, 6) is -1.05. The first-order valence-corrected chi connectivity index (χ1v) is 8.25. The fourth-order valence-corrected chi connectivity index (χ4v) is 2.61. The van der Waals surface area contributed by atoms with Crippen LogP contribution in [0.4, 0.5) is 0 Å². The van der Waals surface area contributed by atoms with Gasteiger partial charge in [-0.05, 0) is 52.7 Å². The molecule has 0 atom stereocenters. The number of nitrogens with one attached hydrogen (secondary N) is 1. The third-order valence-corrected chi connectivity index (χ3v) is 3.97. The number of aromatic hydroxyl groups is 1. The van der Waals surface area contributed by atoms with Crippen LogP contribution in [0.5, 0.6) is 11.5 Å². The molecule has 1 heterocycles. The maximum Gasteiger partial charge on any atom is 0.343 e. The van der Waals surface area contributed by atoms with Crippen molar-refractivity contribution in [2.75, 3.05) is 13.7 Å². The molecule has 8 heteroatoms. The van der Waals surface area contributed by atoms with Crippen molar-refractivity contribution in [2.24, 2.45) is 0 Å². The highest BCUT2D eigenvalue weighted by Crippen LogP contribution is 2.26. The first-order valence-electron chi connectivity index (χ1n) is 7.46. The molecule has 136 valence electrons. The number of allylic oxidation sites excluding steroid dienone is 1. The lowest BCUT2D eigenvalue weighted by Crippen LogP contribution is -2.17. The molecule has 0 spiro atoms. The number of benzene rings is 1. The van der Waals surface area contributed by atoms with E-state index in [0.717, 1.165) is 0 Å².